The number of carbonyl (C=O) groups excluding carboxylic acids is 1. The zero-order valence-electron chi connectivity index (χ0n) is 9.87. The smallest absolute Gasteiger partial charge is 0.231 e. The highest BCUT2D eigenvalue weighted by Gasteiger charge is 2.30. The number of hydrogen-bond acceptors (Lipinski definition) is 3. The van der Waals surface area contributed by atoms with Crippen LogP contribution in [0.25, 0.3) is 0 Å². The van der Waals surface area contributed by atoms with Crippen LogP contribution >= 0.6 is 15.9 Å². The van der Waals surface area contributed by atoms with E-state index in [-0.39, 0.29) is 17.9 Å². The molecule has 1 aliphatic heterocycles. The number of pyridine rings is 1. The molecular formula is C12H15BrN2O2. The summed E-state index contributed by atoms with van der Waals surface area (Å²) < 4.78 is 6.32. The van der Waals surface area contributed by atoms with Crippen molar-refractivity contribution in [1.29, 1.82) is 0 Å². The minimum atomic E-state index is -0.0687. The van der Waals surface area contributed by atoms with Crippen molar-refractivity contribution in [2.45, 2.75) is 26.4 Å². The van der Waals surface area contributed by atoms with Crippen molar-refractivity contribution in [2.75, 3.05) is 11.9 Å². The molecule has 0 spiro atoms. The first-order chi connectivity index (χ1) is 8.08. The predicted octanol–water partition coefficient (Wildman–Crippen LogP) is 2.52. The number of nitrogens with one attached hydrogen (secondary N) is 1. The maximum atomic E-state index is 12.0. The van der Waals surface area contributed by atoms with Gasteiger partial charge in [-0.05, 0) is 47.8 Å². The minimum Gasteiger partial charge on any atom is -0.378 e. The van der Waals surface area contributed by atoms with Gasteiger partial charge in [0.15, 0.2) is 0 Å². The Morgan fingerprint density at radius 1 is 1.65 bits per heavy atom. The molecule has 0 aliphatic carbocycles. The fourth-order valence-electron chi connectivity index (χ4n) is 1.90. The molecule has 5 heteroatoms. The van der Waals surface area contributed by atoms with Crippen molar-refractivity contribution >= 4 is 27.7 Å². The first kappa shape index (κ1) is 12.5. The summed E-state index contributed by atoms with van der Waals surface area (Å²) in [4.78, 5) is 16.1. The molecule has 2 rings (SSSR count). The topological polar surface area (TPSA) is 51.2 Å². The summed E-state index contributed by atoms with van der Waals surface area (Å²) in [5.74, 6) is 0.514. The predicted molar refractivity (Wildman–Crippen MR) is 68.8 cm³/mol. The first-order valence-electron chi connectivity index (χ1n) is 5.62. The minimum absolute atomic E-state index is 0.00783. The van der Waals surface area contributed by atoms with Crippen LogP contribution in [0.2, 0.25) is 0 Å². The highest BCUT2D eigenvalue weighted by atomic mass is 79.9. The van der Waals surface area contributed by atoms with E-state index in [4.69, 9.17) is 4.74 Å². The molecule has 1 aromatic rings. The zero-order chi connectivity index (χ0) is 12.4. The second kappa shape index (κ2) is 5.14. The molecule has 1 N–H and O–H groups in total. The summed E-state index contributed by atoms with van der Waals surface area (Å²) >= 11 is 3.38. The monoisotopic (exact) mass is 298 g/mol. The number of ether oxygens (including phenoxy) is 1. The van der Waals surface area contributed by atoms with Crippen LogP contribution < -0.4 is 5.32 Å². The van der Waals surface area contributed by atoms with Gasteiger partial charge in [-0.2, -0.15) is 0 Å². The van der Waals surface area contributed by atoms with E-state index in [1.54, 1.807) is 6.20 Å². The lowest BCUT2D eigenvalue weighted by molar-refractivity contribution is -0.121. The largest absolute Gasteiger partial charge is 0.378 e. The number of carbonyl (C=O) groups is 1. The summed E-state index contributed by atoms with van der Waals surface area (Å²) in [6, 6.07) is 1.85. The standard InChI is InChI=1S/C12H15BrN2O2/c1-7-5-11(14-6-10(7)13)15-12(16)9-3-4-17-8(9)2/h5-6,8-9H,3-4H2,1-2H3,(H,14,15,16). The molecule has 17 heavy (non-hydrogen) atoms. The average molecular weight is 299 g/mol. The zero-order valence-corrected chi connectivity index (χ0v) is 11.5. The normalized spacial score (nSPS) is 23.7. The summed E-state index contributed by atoms with van der Waals surface area (Å²) in [5.41, 5.74) is 1.05. The fourth-order valence-corrected chi connectivity index (χ4v) is 2.12. The van der Waals surface area contributed by atoms with Gasteiger partial charge in [0.25, 0.3) is 0 Å². The molecule has 0 radical (unpaired) electrons. The number of nitrogens with zero attached hydrogens (tertiary/aromatic N) is 1. The Kier molecular flexibility index (Phi) is 3.79. The molecule has 0 saturated carbocycles. The number of anilines is 1. The van der Waals surface area contributed by atoms with Gasteiger partial charge in [0.05, 0.1) is 12.0 Å². The van der Waals surface area contributed by atoms with Gasteiger partial charge in [-0.3, -0.25) is 4.79 Å². The molecule has 0 bridgehead atoms. The van der Waals surface area contributed by atoms with E-state index < -0.39 is 0 Å². The SMILES string of the molecule is Cc1cc(NC(=O)C2CCOC2C)ncc1Br. The molecule has 1 saturated heterocycles. The molecule has 0 aromatic carbocycles. The lowest BCUT2D eigenvalue weighted by Crippen LogP contribution is -2.28. The molecule has 2 atom stereocenters. The highest BCUT2D eigenvalue weighted by Crippen LogP contribution is 2.23. The first-order valence-corrected chi connectivity index (χ1v) is 6.42. The van der Waals surface area contributed by atoms with Gasteiger partial charge >= 0.3 is 0 Å². The van der Waals surface area contributed by atoms with Crippen LogP contribution in [0.1, 0.15) is 18.9 Å². The van der Waals surface area contributed by atoms with Crippen LogP contribution in [0, 0.1) is 12.8 Å². The Hall–Kier alpha value is -0.940. The molecule has 1 amide bonds. The molecule has 1 aromatic heterocycles. The molecule has 4 nitrogen and oxygen atoms in total. The fraction of sp³-hybridized carbons (Fsp3) is 0.500. The van der Waals surface area contributed by atoms with E-state index >= 15 is 0 Å². The molecular weight excluding hydrogens is 284 g/mol. The Bertz CT molecular complexity index is 437. The van der Waals surface area contributed by atoms with Crippen LogP contribution in [0.15, 0.2) is 16.7 Å². The van der Waals surface area contributed by atoms with Crippen molar-refractivity contribution in [1.82, 2.24) is 4.98 Å². The summed E-state index contributed by atoms with van der Waals surface area (Å²) in [7, 11) is 0. The summed E-state index contributed by atoms with van der Waals surface area (Å²) in [6.45, 7) is 4.55. The number of amides is 1. The summed E-state index contributed by atoms with van der Waals surface area (Å²) in [5, 5.41) is 2.83. The quantitative estimate of drug-likeness (QED) is 0.913. The lowest BCUT2D eigenvalue weighted by atomic mass is 10.0. The van der Waals surface area contributed by atoms with Gasteiger partial charge in [-0.15, -0.1) is 0 Å². The molecule has 2 unspecified atom stereocenters. The van der Waals surface area contributed by atoms with Crippen LogP contribution in [-0.4, -0.2) is 23.6 Å². The van der Waals surface area contributed by atoms with Gasteiger partial charge in [-0.1, -0.05) is 0 Å². The second-order valence-corrected chi connectivity index (χ2v) is 5.13. The molecule has 92 valence electrons. The number of halogens is 1. The van der Waals surface area contributed by atoms with Crippen LogP contribution in [0.4, 0.5) is 5.82 Å². The number of aromatic nitrogens is 1. The average Bonchev–Trinajstić information content (AvgIpc) is 2.70. The Balaban J connectivity index is 2.05. The highest BCUT2D eigenvalue weighted by molar-refractivity contribution is 9.10. The molecule has 1 aliphatic rings. The van der Waals surface area contributed by atoms with Gasteiger partial charge in [0, 0.05) is 17.3 Å². The maximum absolute atomic E-state index is 12.0. The summed E-state index contributed by atoms with van der Waals surface area (Å²) in [6.07, 6.45) is 2.47. The van der Waals surface area contributed by atoms with E-state index in [1.165, 1.54) is 0 Å². The van der Waals surface area contributed by atoms with Crippen LogP contribution in [0.3, 0.4) is 0 Å². The van der Waals surface area contributed by atoms with Crippen molar-refractivity contribution < 1.29 is 9.53 Å². The number of hydrogen-bond donors (Lipinski definition) is 1. The van der Waals surface area contributed by atoms with E-state index in [9.17, 15) is 4.79 Å². The molecule has 1 fully saturated rings. The van der Waals surface area contributed by atoms with Gasteiger partial charge in [0.1, 0.15) is 5.82 Å². The second-order valence-electron chi connectivity index (χ2n) is 4.28. The molecule has 2 heterocycles. The van der Waals surface area contributed by atoms with Gasteiger partial charge in [-0.25, -0.2) is 4.98 Å². The number of rotatable bonds is 2. The van der Waals surface area contributed by atoms with Gasteiger partial charge < -0.3 is 10.1 Å². The third kappa shape index (κ3) is 2.84. The van der Waals surface area contributed by atoms with E-state index in [0.29, 0.717) is 12.4 Å². The lowest BCUT2D eigenvalue weighted by Gasteiger charge is -2.13. The Morgan fingerprint density at radius 2 is 2.41 bits per heavy atom. The van der Waals surface area contributed by atoms with Crippen molar-refractivity contribution in [3.05, 3.63) is 22.3 Å². The van der Waals surface area contributed by atoms with E-state index in [1.807, 2.05) is 19.9 Å². The number of aryl methyl sites for hydroxylation is 1. The van der Waals surface area contributed by atoms with Crippen LogP contribution in [-0.2, 0) is 9.53 Å². The Labute approximate surface area is 109 Å². The van der Waals surface area contributed by atoms with Gasteiger partial charge in [0.2, 0.25) is 5.91 Å². The van der Waals surface area contributed by atoms with Crippen molar-refractivity contribution in [2.24, 2.45) is 5.92 Å². The van der Waals surface area contributed by atoms with Crippen LogP contribution in [0.5, 0.6) is 0 Å². The third-order valence-electron chi connectivity index (χ3n) is 3.01. The van der Waals surface area contributed by atoms with E-state index in [0.717, 1.165) is 16.5 Å². The van der Waals surface area contributed by atoms with Crippen molar-refractivity contribution in [3.63, 3.8) is 0 Å². The Morgan fingerprint density at radius 3 is 3.00 bits per heavy atom. The van der Waals surface area contributed by atoms with Crippen molar-refractivity contribution in [3.8, 4) is 0 Å². The third-order valence-corrected chi connectivity index (χ3v) is 3.84. The van der Waals surface area contributed by atoms with E-state index in [2.05, 4.69) is 26.2 Å². The maximum Gasteiger partial charge on any atom is 0.231 e.